The molecule has 3 rings (SSSR count). The molecule has 0 aromatic carbocycles. The molecule has 1 saturated carbocycles. The highest BCUT2D eigenvalue weighted by atomic mass is 16.4. The Hall–Kier alpha value is -0.830. The molecule has 3 nitrogen and oxygen atoms in total. The van der Waals surface area contributed by atoms with Gasteiger partial charge >= 0.3 is 0 Å². The van der Waals surface area contributed by atoms with Gasteiger partial charge in [-0.2, -0.15) is 0 Å². The number of aryl methyl sites for hydroxylation is 1. The van der Waals surface area contributed by atoms with Gasteiger partial charge in [0.2, 0.25) is 0 Å². The summed E-state index contributed by atoms with van der Waals surface area (Å²) in [4.78, 5) is 4.71. The lowest BCUT2D eigenvalue weighted by atomic mass is 9.90. The summed E-state index contributed by atoms with van der Waals surface area (Å²) in [7, 11) is 2.01. The van der Waals surface area contributed by atoms with Gasteiger partial charge in [-0.1, -0.05) is 0 Å². The first-order chi connectivity index (χ1) is 7.38. The molecule has 3 heteroatoms. The van der Waals surface area contributed by atoms with Gasteiger partial charge in [-0.25, -0.2) is 4.98 Å². The molecule has 1 fully saturated rings. The summed E-state index contributed by atoms with van der Waals surface area (Å²) < 4.78 is 5.87. The zero-order chi connectivity index (χ0) is 10.3. The van der Waals surface area contributed by atoms with Gasteiger partial charge in [-0.05, 0) is 32.7 Å². The monoisotopic (exact) mass is 206 g/mol. The number of aromatic nitrogens is 1. The Bertz CT molecular complexity index is 355. The highest BCUT2D eigenvalue weighted by Crippen LogP contribution is 2.42. The molecule has 0 amide bonds. The van der Waals surface area contributed by atoms with E-state index < -0.39 is 0 Å². The predicted octanol–water partition coefficient (Wildman–Crippen LogP) is 2.19. The van der Waals surface area contributed by atoms with Crippen LogP contribution >= 0.6 is 0 Å². The van der Waals surface area contributed by atoms with E-state index in [0.29, 0.717) is 11.8 Å². The second-order valence-electron chi connectivity index (χ2n) is 4.78. The van der Waals surface area contributed by atoms with E-state index >= 15 is 0 Å². The molecular weight excluding hydrogens is 188 g/mol. The van der Waals surface area contributed by atoms with Crippen molar-refractivity contribution in [3.05, 3.63) is 17.3 Å². The molecule has 1 N–H and O–H groups in total. The Morgan fingerprint density at radius 1 is 1.40 bits per heavy atom. The van der Waals surface area contributed by atoms with Crippen LogP contribution in [-0.4, -0.2) is 18.6 Å². The smallest absolute Gasteiger partial charge is 0.197 e. The van der Waals surface area contributed by atoms with Crippen molar-refractivity contribution < 1.29 is 4.42 Å². The molecule has 15 heavy (non-hydrogen) atoms. The van der Waals surface area contributed by atoms with E-state index in [1.54, 1.807) is 0 Å². The molecule has 0 bridgehead atoms. The lowest BCUT2D eigenvalue weighted by Gasteiger charge is -2.19. The SMILES string of the molecule is CNCC1CCCc2oc(C3CC3)nc21. The Morgan fingerprint density at radius 3 is 3.00 bits per heavy atom. The molecule has 1 aromatic rings. The molecule has 1 heterocycles. The van der Waals surface area contributed by atoms with E-state index in [-0.39, 0.29) is 0 Å². The Morgan fingerprint density at radius 2 is 2.27 bits per heavy atom. The van der Waals surface area contributed by atoms with Crippen LogP contribution in [-0.2, 0) is 6.42 Å². The second kappa shape index (κ2) is 3.63. The third-order valence-electron chi connectivity index (χ3n) is 3.46. The molecule has 2 aliphatic carbocycles. The van der Waals surface area contributed by atoms with Gasteiger partial charge in [0.1, 0.15) is 5.76 Å². The third-order valence-corrected chi connectivity index (χ3v) is 3.46. The second-order valence-corrected chi connectivity index (χ2v) is 4.78. The number of rotatable bonds is 3. The lowest BCUT2D eigenvalue weighted by Crippen LogP contribution is -2.21. The van der Waals surface area contributed by atoms with Crippen molar-refractivity contribution in [3.8, 4) is 0 Å². The summed E-state index contributed by atoms with van der Waals surface area (Å²) >= 11 is 0. The van der Waals surface area contributed by atoms with E-state index in [4.69, 9.17) is 9.40 Å². The molecule has 0 saturated heterocycles. The van der Waals surface area contributed by atoms with Crippen LogP contribution < -0.4 is 5.32 Å². The van der Waals surface area contributed by atoms with Crippen LogP contribution in [0.1, 0.15) is 54.9 Å². The fraction of sp³-hybridized carbons (Fsp3) is 0.750. The van der Waals surface area contributed by atoms with Gasteiger partial charge in [-0.3, -0.25) is 0 Å². The predicted molar refractivity (Wildman–Crippen MR) is 58.1 cm³/mol. The Labute approximate surface area is 90.3 Å². The van der Waals surface area contributed by atoms with E-state index in [1.807, 2.05) is 7.05 Å². The van der Waals surface area contributed by atoms with Crippen molar-refractivity contribution in [1.82, 2.24) is 10.3 Å². The van der Waals surface area contributed by atoms with Crippen molar-refractivity contribution in [2.45, 2.75) is 43.9 Å². The van der Waals surface area contributed by atoms with Gasteiger partial charge in [0.25, 0.3) is 0 Å². The number of oxazole rings is 1. The van der Waals surface area contributed by atoms with Gasteiger partial charge in [0, 0.05) is 24.8 Å². The van der Waals surface area contributed by atoms with E-state index in [1.165, 1.54) is 37.1 Å². The minimum absolute atomic E-state index is 0.579. The van der Waals surface area contributed by atoms with Crippen LogP contribution in [0.4, 0.5) is 0 Å². The zero-order valence-electron chi connectivity index (χ0n) is 9.25. The molecule has 0 radical (unpaired) electrons. The summed E-state index contributed by atoms with van der Waals surface area (Å²) in [6, 6.07) is 0. The molecule has 2 aliphatic rings. The van der Waals surface area contributed by atoms with Gasteiger partial charge in [0.05, 0.1) is 5.69 Å². The number of nitrogens with zero attached hydrogens (tertiary/aromatic N) is 1. The Balaban J connectivity index is 1.88. The molecule has 1 unspecified atom stereocenters. The molecular formula is C12H18N2O. The average molecular weight is 206 g/mol. The van der Waals surface area contributed by atoms with E-state index in [2.05, 4.69) is 5.32 Å². The van der Waals surface area contributed by atoms with Crippen LogP contribution in [0, 0.1) is 0 Å². The first-order valence-corrected chi connectivity index (χ1v) is 6.02. The summed E-state index contributed by atoms with van der Waals surface area (Å²) in [5.74, 6) is 3.41. The minimum atomic E-state index is 0.579. The normalized spacial score (nSPS) is 25.3. The van der Waals surface area contributed by atoms with Gasteiger partial charge < -0.3 is 9.73 Å². The topological polar surface area (TPSA) is 38.1 Å². The first-order valence-electron chi connectivity index (χ1n) is 6.02. The zero-order valence-corrected chi connectivity index (χ0v) is 9.25. The highest BCUT2D eigenvalue weighted by molar-refractivity contribution is 5.21. The van der Waals surface area contributed by atoms with Crippen LogP contribution in [0.5, 0.6) is 0 Å². The Kier molecular flexibility index (Phi) is 2.28. The minimum Gasteiger partial charge on any atom is -0.445 e. The maximum atomic E-state index is 5.87. The summed E-state index contributed by atoms with van der Waals surface area (Å²) in [5.41, 5.74) is 1.25. The largest absolute Gasteiger partial charge is 0.445 e. The first kappa shape index (κ1) is 9.40. The van der Waals surface area contributed by atoms with Crippen LogP contribution in [0.25, 0.3) is 0 Å². The van der Waals surface area contributed by atoms with Crippen molar-refractivity contribution in [3.63, 3.8) is 0 Å². The fourth-order valence-electron chi connectivity index (χ4n) is 2.48. The van der Waals surface area contributed by atoms with E-state index in [0.717, 1.165) is 18.9 Å². The fourth-order valence-corrected chi connectivity index (χ4v) is 2.48. The number of fused-ring (bicyclic) bond motifs is 1. The number of likely N-dealkylation sites (N-methyl/N-ethyl adjacent to an activating group) is 1. The maximum Gasteiger partial charge on any atom is 0.197 e. The molecule has 0 aliphatic heterocycles. The lowest BCUT2D eigenvalue weighted by molar-refractivity contribution is 0.422. The average Bonchev–Trinajstić information content (AvgIpc) is 2.99. The molecule has 0 spiro atoms. The van der Waals surface area contributed by atoms with Gasteiger partial charge in [-0.15, -0.1) is 0 Å². The summed E-state index contributed by atoms with van der Waals surface area (Å²) in [6.45, 7) is 1.03. The summed E-state index contributed by atoms with van der Waals surface area (Å²) in [6.07, 6.45) is 6.14. The molecule has 82 valence electrons. The highest BCUT2D eigenvalue weighted by Gasteiger charge is 2.33. The third kappa shape index (κ3) is 1.69. The van der Waals surface area contributed by atoms with Crippen molar-refractivity contribution in [1.29, 1.82) is 0 Å². The van der Waals surface area contributed by atoms with Crippen molar-refractivity contribution in [2.75, 3.05) is 13.6 Å². The quantitative estimate of drug-likeness (QED) is 0.823. The maximum absolute atomic E-state index is 5.87. The standard InChI is InChI=1S/C12H18N2O/c1-13-7-9-3-2-4-10-11(9)14-12(15-10)8-5-6-8/h8-9,13H,2-7H2,1H3. The number of hydrogen-bond acceptors (Lipinski definition) is 3. The van der Waals surface area contributed by atoms with Crippen LogP contribution in [0.2, 0.25) is 0 Å². The van der Waals surface area contributed by atoms with Crippen molar-refractivity contribution in [2.24, 2.45) is 0 Å². The molecule has 1 atom stereocenters. The summed E-state index contributed by atoms with van der Waals surface area (Å²) in [5, 5.41) is 3.25. The van der Waals surface area contributed by atoms with E-state index in [9.17, 15) is 0 Å². The van der Waals surface area contributed by atoms with Crippen LogP contribution in [0.3, 0.4) is 0 Å². The molecule has 1 aromatic heterocycles. The number of nitrogens with one attached hydrogen (secondary N) is 1. The van der Waals surface area contributed by atoms with Gasteiger partial charge in [0.15, 0.2) is 5.89 Å². The van der Waals surface area contributed by atoms with Crippen molar-refractivity contribution >= 4 is 0 Å². The number of hydrogen-bond donors (Lipinski definition) is 1. The van der Waals surface area contributed by atoms with Crippen LogP contribution in [0.15, 0.2) is 4.42 Å².